The number of benzene rings is 10. The molecule has 0 aliphatic rings. The van der Waals surface area contributed by atoms with Gasteiger partial charge in [0.25, 0.3) is 6.33 Å². The van der Waals surface area contributed by atoms with Crippen molar-refractivity contribution < 1.29 is 44.1 Å². The van der Waals surface area contributed by atoms with Crippen LogP contribution in [0.1, 0.15) is 40.0 Å². The maximum atomic E-state index is 9.16. The number of ether oxygens (including phenoxy) is 1. The number of imidazole rings is 1. The van der Waals surface area contributed by atoms with Crippen molar-refractivity contribution in [2.75, 3.05) is 0 Å². The van der Waals surface area contributed by atoms with Crippen molar-refractivity contribution >= 4 is 55.9 Å². The van der Waals surface area contributed by atoms with E-state index < -0.39 is 60.4 Å². The van der Waals surface area contributed by atoms with Gasteiger partial charge >= 0.3 is 0 Å². The molecule has 372 valence electrons. The van der Waals surface area contributed by atoms with Gasteiger partial charge in [0.2, 0.25) is 6.71 Å². The Bertz CT molecular complexity index is 4690. The van der Waals surface area contributed by atoms with Crippen LogP contribution in [0.25, 0.3) is 83.4 Å². The van der Waals surface area contributed by atoms with E-state index in [1.165, 1.54) is 0 Å². The molecular formula is C70H51BN4OPt-2. The first kappa shape index (κ1) is 38.7. The normalized spacial score (nSPS) is 13.3. The van der Waals surface area contributed by atoms with Gasteiger partial charge in [-0.3, -0.25) is 4.57 Å². The molecule has 3 heterocycles. The van der Waals surface area contributed by atoms with E-state index in [2.05, 4.69) is 141 Å². The van der Waals surface area contributed by atoms with Crippen molar-refractivity contribution in [1.82, 2.24) is 14.1 Å². The van der Waals surface area contributed by atoms with Crippen LogP contribution >= 0.6 is 0 Å². The minimum Gasteiger partial charge on any atom is -0.509 e. The molecule has 7 heteroatoms. The molecule has 13 aromatic rings. The van der Waals surface area contributed by atoms with Crippen molar-refractivity contribution in [3.63, 3.8) is 0 Å². The van der Waals surface area contributed by atoms with Gasteiger partial charge < -0.3 is 13.9 Å². The van der Waals surface area contributed by atoms with E-state index in [0.29, 0.717) is 28.2 Å². The summed E-state index contributed by atoms with van der Waals surface area (Å²) in [4.78, 5) is 4.97. The van der Waals surface area contributed by atoms with Crippen LogP contribution in [0.4, 0.5) is 0 Å². The van der Waals surface area contributed by atoms with Crippen molar-refractivity contribution in [1.29, 1.82) is 0 Å². The van der Waals surface area contributed by atoms with E-state index >= 15 is 0 Å². The van der Waals surface area contributed by atoms with Crippen molar-refractivity contribution in [3.05, 3.63) is 279 Å². The standard InChI is InChI=1S/C70H51BN4O.Pt/c1-70(2,3)51-42-43-72-68(44-51)75-63-39-19-17-35-59(63)60-46-61(58-34-16-18-38-62(58)71(52-28-12-6-13-29-52)53-30-14-7-15-31-53)67(47-66(60)75)76-55-33-22-32-54(45-55)73-48-74(65-41-21-20-40-64(65)73)69-56(49-24-8-4-9-25-49)36-23-37-57(69)50-26-10-5-11-27-50;/h4-44,46H,1-3H3;/q-2;/i4D,5D,8D,9D,10D,11D,24D,25D,26D,27D;. The summed E-state index contributed by atoms with van der Waals surface area (Å²) >= 11 is 0. The Morgan fingerprint density at radius 1 is 0.558 bits per heavy atom. The first-order chi connectivity index (χ1) is 41.5. The zero-order valence-electron chi connectivity index (χ0n) is 52.1. The summed E-state index contributed by atoms with van der Waals surface area (Å²) in [5, 5.41) is 1.95. The van der Waals surface area contributed by atoms with Gasteiger partial charge in [0.15, 0.2) is 0 Å². The molecule has 0 amide bonds. The summed E-state index contributed by atoms with van der Waals surface area (Å²) < 4.78 is 101. The Kier molecular flexibility index (Phi) is 10.4. The van der Waals surface area contributed by atoms with Crippen molar-refractivity contribution in [2.45, 2.75) is 26.2 Å². The van der Waals surface area contributed by atoms with Gasteiger partial charge in [0.05, 0.1) is 30.4 Å². The number of nitrogens with zero attached hydrogens (tertiary/aromatic N) is 4. The third-order valence-electron chi connectivity index (χ3n) is 13.9. The molecule has 10 aromatic carbocycles. The largest absolute Gasteiger partial charge is 0.509 e. The fraction of sp³-hybridized carbons (Fsp3) is 0.0571. The van der Waals surface area contributed by atoms with E-state index in [4.69, 9.17) is 23.4 Å². The van der Waals surface area contributed by atoms with E-state index in [-0.39, 0.29) is 61.1 Å². The number of para-hydroxylation sites is 4. The molecule has 3 aromatic heterocycles. The molecular weight excluding hydrogens is 1120 g/mol. The number of fused-ring (bicyclic) bond motifs is 4. The molecule has 0 N–H and O–H groups in total. The molecule has 0 atom stereocenters. The molecule has 13 rings (SSSR count). The Morgan fingerprint density at radius 2 is 1.16 bits per heavy atom. The molecule has 0 fully saturated rings. The molecule has 0 aliphatic carbocycles. The SMILES string of the molecule is [2H]c1c([2H])c([2H])c(-c2cccc(-c3c([2H])c([2H])c([2H])c([2H])c3[2H])c2-[n+]2[c-]n(-c3[c-]c(Oc4[c-]c5c(cc4-c4ccccc4B(c4ccccc4)c4ccccc4)c4ccccc4n5-c4cc(C(C)(C)C)ccn4)ccc3)c3ccccc32)c([2H])c1[2H].[Pt]. The molecule has 77 heavy (non-hydrogen) atoms. The number of aromatic nitrogens is 4. The third kappa shape index (κ3) is 9.19. The average molecular weight is 1180 g/mol. The van der Waals surface area contributed by atoms with E-state index in [9.17, 15) is 0 Å². The molecule has 0 saturated carbocycles. The maximum absolute atomic E-state index is 9.16. The monoisotopic (exact) mass is 1180 g/mol. The van der Waals surface area contributed by atoms with Crippen LogP contribution in [0, 0.1) is 18.5 Å². The van der Waals surface area contributed by atoms with Gasteiger partial charge in [-0.1, -0.05) is 260 Å². The van der Waals surface area contributed by atoms with Crippen molar-refractivity contribution in [2.24, 2.45) is 0 Å². The van der Waals surface area contributed by atoms with Crippen LogP contribution in [0.2, 0.25) is 0 Å². The van der Waals surface area contributed by atoms with Crippen molar-refractivity contribution in [3.8, 4) is 62.1 Å². The summed E-state index contributed by atoms with van der Waals surface area (Å²) in [6.45, 7) is 6.37. The second kappa shape index (κ2) is 20.7. The van der Waals surface area contributed by atoms with Gasteiger partial charge in [-0.15, -0.1) is 23.6 Å². The Morgan fingerprint density at radius 3 is 1.84 bits per heavy atom. The molecule has 0 spiro atoms. The predicted molar refractivity (Wildman–Crippen MR) is 313 cm³/mol. The van der Waals surface area contributed by atoms with E-state index in [0.717, 1.165) is 60.7 Å². The van der Waals surface area contributed by atoms with Gasteiger partial charge in [-0.2, -0.15) is 18.2 Å². The second-order valence-electron chi connectivity index (χ2n) is 19.6. The number of rotatable bonds is 11. The fourth-order valence-corrected chi connectivity index (χ4v) is 10.4. The summed E-state index contributed by atoms with van der Waals surface area (Å²) in [5.74, 6) is 1.47. The minimum absolute atomic E-state index is 0. The van der Waals surface area contributed by atoms with Gasteiger partial charge in [-0.25, -0.2) is 4.98 Å². The number of hydrogen-bond donors (Lipinski definition) is 0. The zero-order chi connectivity index (χ0) is 59.9. The fourth-order valence-electron chi connectivity index (χ4n) is 10.4. The molecule has 5 nitrogen and oxygen atoms in total. The van der Waals surface area contributed by atoms with Crippen LogP contribution in [0.5, 0.6) is 11.5 Å². The summed E-state index contributed by atoms with van der Waals surface area (Å²) in [7, 11) is 0. The molecule has 0 radical (unpaired) electrons. The first-order valence-electron chi connectivity index (χ1n) is 30.1. The molecule has 0 aliphatic heterocycles. The Labute approximate surface area is 478 Å². The molecule has 0 unspecified atom stereocenters. The van der Waals surface area contributed by atoms with Crippen LogP contribution < -0.4 is 25.7 Å². The number of hydrogen-bond acceptors (Lipinski definition) is 2. The van der Waals surface area contributed by atoms with Crippen LogP contribution in [0.15, 0.2) is 255 Å². The Hall–Kier alpha value is -8.83. The third-order valence-corrected chi connectivity index (χ3v) is 13.9. The average Bonchev–Trinajstić information content (AvgIpc) is 1.76. The second-order valence-corrected chi connectivity index (χ2v) is 19.6. The van der Waals surface area contributed by atoms with Gasteiger partial charge in [-0.05, 0) is 62.5 Å². The van der Waals surface area contributed by atoms with E-state index in [1.54, 1.807) is 27.3 Å². The van der Waals surface area contributed by atoms with Gasteiger partial charge in [0.1, 0.15) is 5.82 Å². The smallest absolute Gasteiger partial charge is 0.268 e. The summed E-state index contributed by atoms with van der Waals surface area (Å²) in [6, 6.07) is 63.7. The minimum atomic E-state index is -0.580. The van der Waals surface area contributed by atoms with Gasteiger partial charge in [0, 0.05) is 44.3 Å². The Balaban J connectivity index is 0.00000739. The predicted octanol–water partition coefficient (Wildman–Crippen LogP) is 14.4. The zero-order valence-corrected chi connectivity index (χ0v) is 44.3. The molecule has 0 bridgehead atoms. The van der Waals surface area contributed by atoms with Crippen LogP contribution in [0.3, 0.4) is 0 Å². The summed E-state index contributed by atoms with van der Waals surface area (Å²) in [6.07, 6.45) is 5.33. The maximum Gasteiger partial charge on any atom is 0.268 e. The van der Waals surface area contributed by atoms with Crippen LogP contribution in [-0.4, -0.2) is 20.8 Å². The summed E-state index contributed by atoms with van der Waals surface area (Å²) in [5.41, 5.74) is 9.33. The first-order valence-corrected chi connectivity index (χ1v) is 25.1. The quantitative estimate of drug-likeness (QED) is 0.0735. The number of pyridine rings is 1. The topological polar surface area (TPSA) is 35.9 Å². The van der Waals surface area contributed by atoms with Crippen LogP contribution in [-0.2, 0) is 26.5 Å². The molecule has 0 saturated heterocycles. The van der Waals surface area contributed by atoms with E-state index in [1.807, 2.05) is 79.0 Å².